The van der Waals surface area contributed by atoms with E-state index in [1.54, 1.807) is 0 Å². The second-order valence-corrected chi connectivity index (χ2v) is 5.90. The predicted octanol–water partition coefficient (Wildman–Crippen LogP) is 4.62. The number of benzene rings is 3. The highest BCUT2D eigenvalue weighted by atomic mass is 15.1. The molecule has 0 heterocycles. The zero-order chi connectivity index (χ0) is 15.5. The van der Waals surface area contributed by atoms with Crippen molar-refractivity contribution in [1.29, 1.82) is 0 Å². The van der Waals surface area contributed by atoms with Gasteiger partial charge in [-0.05, 0) is 48.0 Å². The molecule has 1 atom stereocenters. The van der Waals surface area contributed by atoms with E-state index in [9.17, 15) is 0 Å². The Morgan fingerprint density at radius 3 is 2.36 bits per heavy atom. The van der Waals surface area contributed by atoms with Gasteiger partial charge in [0.1, 0.15) is 0 Å². The van der Waals surface area contributed by atoms with E-state index in [4.69, 9.17) is 5.73 Å². The van der Waals surface area contributed by atoms with Gasteiger partial charge in [-0.25, -0.2) is 0 Å². The molecule has 0 amide bonds. The first-order valence-electron chi connectivity index (χ1n) is 7.67. The lowest BCUT2D eigenvalue weighted by Gasteiger charge is -2.26. The van der Waals surface area contributed by atoms with Crippen molar-refractivity contribution in [3.05, 3.63) is 77.9 Å². The smallest absolute Gasteiger partial charge is 0.0326 e. The zero-order valence-electron chi connectivity index (χ0n) is 13.2. The van der Waals surface area contributed by atoms with Crippen LogP contribution in [-0.2, 0) is 6.54 Å². The minimum Gasteiger partial charge on any atom is -0.399 e. The number of fused-ring (bicyclic) bond motifs is 1. The second-order valence-electron chi connectivity index (χ2n) is 5.90. The van der Waals surface area contributed by atoms with Crippen LogP contribution in [0.3, 0.4) is 0 Å². The first-order chi connectivity index (χ1) is 10.6. The van der Waals surface area contributed by atoms with Gasteiger partial charge >= 0.3 is 0 Å². The standard InChI is InChI=1S/C20H22N2/c1-15(22(2)14-16-10-12-18(21)13-11-16)19-9-5-7-17-6-3-4-8-20(17)19/h3-13,15H,14,21H2,1-2H3/t15-/m1/s1. The Labute approximate surface area is 132 Å². The summed E-state index contributed by atoms with van der Waals surface area (Å²) in [4.78, 5) is 2.37. The van der Waals surface area contributed by atoms with E-state index < -0.39 is 0 Å². The van der Waals surface area contributed by atoms with Gasteiger partial charge < -0.3 is 5.73 Å². The first-order valence-corrected chi connectivity index (χ1v) is 7.67. The van der Waals surface area contributed by atoms with Gasteiger partial charge in [0.15, 0.2) is 0 Å². The van der Waals surface area contributed by atoms with Gasteiger partial charge in [0.05, 0.1) is 0 Å². The summed E-state index contributed by atoms with van der Waals surface area (Å²) in [6.07, 6.45) is 0. The molecule has 0 spiro atoms. The van der Waals surface area contributed by atoms with Crippen LogP contribution in [0.1, 0.15) is 24.1 Å². The maximum atomic E-state index is 5.76. The van der Waals surface area contributed by atoms with Gasteiger partial charge in [0, 0.05) is 18.3 Å². The molecule has 0 aliphatic rings. The Kier molecular flexibility index (Phi) is 4.12. The van der Waals surface area contributed by atoms with Crippen molar-refractivity contribution in [3.63, 3.8) is 0 Å². The molecule has 0 saturated carbocycles. The van der Waals surface area contributed by atoms with E-state index >= 15 is 0 Å². The molecular weight excluding hydrogens is 268 g/mol. The number of hydrogen-bond acceptors (Lipinski definition) is 2. The highest BCUT2D eigenvalue weighted by Gasteiger charge is 2.14. The average molecular weight is 290 g/mol. The summed E-state index contributed by atoms with van der Waals surface area (Å²) in [7, 11) is 2.17. The number of rotatable bonds is 4. The molecular formula is C20H22N2. The fourth-order valence-corrected chi connectivity index (χ4v) is 2.90. The Morgan fingerprint density at radius 1 is 0.909 bits per heavy atom. The van der Waals surface area contributed by atoms with E-state index in [1.807, 2.05) is 12.1 Å². The van der Waals surface area contributed by atoms with Crippen LogP contribution in [0, 0.1) is 0 Å². The van der Waals surface area contributed by atoms with E-state index in [2.05, 4.69) is 73.5 Å². The summed E-state index contributed by atoms with van der Waals surface area (Å²) >= 11 is 0. The number of anilines is 1. The number of nitrogens with two attached hydrogens (primary N) is 1. The van der Waals surface area contributed by atoms with Crippen molar-refractivity contribution in [2.24, 2.45) is 0 Å². The van der Waals surface area contributed by atoms with Crippen LogP contribution in [0.2, 0.25) is 0 Å². The molecule has 2 N–H and O–H groups in total. The molecule has 0 aromatic heterocycles. The maximum Gasteiger partial charge on any atom is 0.0326 e. The topological polar surface area (TPSA) is 29.3 Å². The maximum absolute atomic E-state index is 5.76. The van der Waals surface area contributed by atoms with Crippen LogP contribution in [0.5, 0.6) is 0 Å². The van der Waals surface area contributed by atoms with Crippen molar-refractivity contribution in [3.8, 4) is 0 Å². The largest absolute Gasteiger partial charge is 0.399 e. The zero-order valence-corrected chi connectivity index (χ0v) is 13.2. The molecule has 0 bridgehead atoms. The molecule has 0 aliphatic carbocycles. The molecule has 3 rings (SSSR count). The normalized spacial score (nSPS) is 12.7. The number of nitrogen functional groups attached to an aromatic ring is 1. The molecule has 0 fully saturated rings. The van der Waals surface area contributed by atoms with E-state index in [-0.39, 0.29) is 0 Å². The van der Waals surface area contributed by atoms with Crippen LogP contribution < -0.4 is 5.73 Å². The van der Waals surface area contributed by atoms with Crippen LogP contribution in [0.15, 0.2) is 66.7 Å². The van der Waals surface area contributed by atoms with Gasteiger partial charge in [0.25, 0.3) is 0 Å². The molecule has 2 heteroatoms. The summed E-state index contributed by atoms with van der Waals surface area (Å²) in [6, 6.07) is 23.6. The van der Waals surface area contributed by atoms with Gasteiger partial charge in [0.2, 0.25) is 0 Å². The second kappa shape index (κ2) is 6.20. The molecule has 0 aliphatic heterocycles. The van der Waals surface area contributed by atoms with Crippen molar-refractivity contribution in [1.82, 2.24) is 4.90 Å². The molecule has 2 nitrogen and oxygen atoms in total. The molecule has 3 aromatic rings. The van der Waals surface area contributed by atoms with Gasteiger partial charge in [-0.2, -0.15) is 0 Å². The summed E-state index contributed by atoms with van der Waals surface area (Å²) in [6.45, 7) is 3.17. The summed E-state index contributed by atoms with van der Waals surface area (Å²) in [5.41, 5.74) is 9.22. The highest BCUT2D eigenvalue weighted by Crippen LogP contribution is 2.28. The lowest BCUT2D eigenvalue weighted by Crippen LogP contribution is -2.22. The Balaban J connectivity index is 1.85. The molecule has 0 saturated heterocycles. The fourth-order valence-electron chi connectivity index (χ4n) is 2.90. The Morgan fingerprint density at radius 2 is 1.59 bits per heavy atom. The van der Waals surface area contributed by atoms with Gasteiger partial charge in [-0.1, -0.05) is 54.6 Å². The number of nitrogens with zero attached hydrogens (tertiary/aromatic N) is 1. The van der Waals surface area contributed by atoms with Gasteiger partial charge in [-0.15, -0.1) is 0 Å². The van der Waals surface area contributed by atoms with Crippen molar-refractivity contribution in [2.45, 2.75) is 19.5 Å². The van der Waals surface area contributed by atoms with Crippen molar-refractivity contribution >= 4 is 16.5 Å². The third-order valence-electron chi connectivity index (χ3n) is 4.35. The van der Waals surface area contributed by atoms with Gasteiger partial charge in [-0.3, -0.25) is 4.90 Å². The van der Waals surface area contributed by atoms with E-state index in [0.29, 0.717) is 6.04 Å². The average Bonchev–Trinajstić information content (AvgIpc) is 2.55. The Bertz CT molecular complexity index is 757. The lowest BCUT2D eigenvalue weighted by atomic mass is 9.98. The van der Waals surface area contributed by atoms with Crippen molar-refractivity contribution in [2.75, 3.05) is 12.8 Å². The third kappa shape index (κ3) is 2.97. The summed E-state index contributed by atoms with van der Waals surface area (Å²) < 4.78 is 0. The fraction of sp³-hybridized carbons (Fsp3) is 0.200. The molecule has 3 aromatic carbocycles. The molecule has 22 heavy (non-hydrogen) atoms. The monoisotopic (exact) mass is 290 g/mol. The van der Waals surface area contributed by atoms with E-state index in [1.165, 1.54) is 21.9 Å². The number of hydrogen-bond donors (Lipinski definition) is 1. The SMILES string of the molecule is C[C@H](c1cccc2ccccc12)N(C)Cc1ccc(N)cc1. The van der Waals surface area contributed by atoms with Crippen LogP contribution in [-0.4, -0.2) is 11.9 Å². The highest BCUT2D eigenvalue weighted by molar-refractivity contribution is 5.86. The quantitative estimate of drug-likeness (QED) is 0.711. The molecule has 112 valence electrons. The third-order valence-corrected chi connectivity index (χ3v) is 4.35. The van der Waals surface area contributed by atoms with Crippen molar-refractivity contribution < 1.29 is 0 Å². The lowest BCUT2D eigenvalue weighted by molar-refractivity contribution is 0.254. The van der Waals surface area contributed by atoms with Crippen LogP contribution >= 0.6 is 0 Å². The molecule has 0 radical (unpaired) electrons. The Hall–Kier alpha value is -2.32. The first kappa shape index (κ1) is 14.6. The minimum absolute atomic E-state index is 0.351. The predicted molar refractivity (Wildman–Crippen MR) is 94.7 cm³/mol. The van der Waals surface area contributed by atoms with Crippen LogP contribution in [0.25, 0.3) is 10.8 Å². The molecule has 0 unspecified atom stereocenters. The minimum atomic E-state index is 0.351. The van der Waals surface area contributed by atoms with E-state index in [0.717, 1.165) is 12.2 Å². The summed E-state index contributed by atoms with van der Waals surface area (Å²) in [5, 5.41) is 2.63. The summed E-state index contributed by atoms with van der Waals surface area (Å²) in [5.74, 6) is 0. The van der Waals surface area contributed by atoms with Crippen LogP contribution in [0.4, 0.5) is 5.69 Å².